The van der Waals surface area contributed by atoms with Gasteiger partial charge in [0, 0.05) is 6.54 Å². The molecule has 5 nitrogen and oxygen atoms in total. The van der Waals surface area contributed by atoms with E-state index in [9.17, 15) is 4.79 Å². The number of hydrogen-bond acceptors (Lipinski definition) is 4. The predicted octanol–water partition coefficient (Wildman–Crippen LogP) is 2.26. The molecule has 1 aromatic heterocycles. The van der Waals surface area contributed by atoms with E-state index in [1.54, 1.807) is 12.1 Å². The van der Waals surface area contributed by atoms with Crippen molar-refractivity contribution in [2.24, 2.45) is 5.84 Å². The zero-order chi connectivity index (χ0) is 14.5. The van der Waals surface area contributed by atoms with Gasteiger partial charge in [-0.05, 0) is 24.6 Å². The molecule has 1 amide bonds. The molecule has 20 heavy (non-hydrogen) atoms. The normalized spacial score (nSPS) is 10.2. The van der Waals surface area contributed by atoms with Crippen LogP contribution in [0.5, 0.6) is 0 Å². The van der Waals surface area contributed by atoms with E-state index < -0.39 is 0 Å². The number of carbonyl (C=O) groups excluding carboxylic acids is 1. The third-order valence-electron chi connectivity index (χ3n) is 2.74. The van der Waals surface area contributed by atoms with Gasteiger partial charge in [0.2, 0.25) is 0 Å². The molecule has 1 heterocycles. The van der Waals surface area contributed by atoms with Gasteiger partial charge in [-0.25, -0.2) is 10.8 Å². The van der Waals surface area contributed by atoms with Gasteiger partial charge in [-0.2, -0.15) is 0 Å². The molecule has 2 rings (SSSR count). The fourth-order valence-electron chi connectivity index (χ4n) is 1.77. The number of anilines is 1. The van der Waals surface area contributed by atoms with Crippen molar-refractivity contribution >= 4 is 23.3 Å². The van der Waals surface area contributed by atoms with Crippen LogP contribution in [0.25, 0.3) is 0 Å². The highest BCUT2D eigenvalue weighted by molar-refractivity contribution is 6.33. The Labute approximate surface area is 122 Å². The Hall–Kier alpha value is -2.11. The molecule has 4 N–H and O–H groups in total. The highest BCUT2D eigenvalue weighted by Gasteiger charge is 2.12. The van der Waals surface area contributed by atoms with Crippen LogP contribution in [0, 0.1) is 6.92 Å². The first-order valence-corrected chi connectivity index (χ1v) is 6.45. The number of nitrogen functional groups attached to an aromatic ring is 1. The van der Waals surface area contributed by atoms with E-state index >= 15 is 0 Å². The van der Waals surface area contributed by atoms with Crippen molar-refractivity contribution in [2.75, 3.05) is 5.43 Å². The molecule has 0 saturated carbocycles. The van der Waals surface area contributed by atoms with E-state index in [2.05, 4.69) is 15.7 Å². The third kappa shape index (κ3) is 3.46. The monoisotopic (exact) mass is 290 g/mol. The van der Waals surface area contributed by atoms with Crippen LogP contribution in [0.1, 0.15) is 21.6 Å². The van der Waals surface area contributed by atoms with E-state index in [0.717, 1.165) is 11.1 Å². The van der Waals surface area contributed by atoms with Crippen LogP contribution in [0.2, 0.25) is 5.02 Å². The quantitative estimate of drug-likeness (QED) is 0.596. The first kappa shape index (κ1) is 14.3. The highest BCUT2D eigenvalue weighted by Crippen LogP contribution is 2.16. The number of benzene rings is 1. The predicted molar refractivity (Wildman–Crippen MR) is 79.4 cm³/mol. The molecular formula is C14H15ClN4O. The molecule has 0 atom stereocenters. The van der Waals surface area contributed by atoms with E-state index in [-0.39, 0.29) is 16.6 Å². The molecule has 0 fully saturated rings. The van der Waals surface area contributed by atoms with Gasteiger partial charge in [0.15, 0.2) is 0 Å². The van der Waals surface area contributed by atoms with Crippen molar-refractivity contribution in [1.82, 2.24) is 10.3 Å². The first-order valence-electron chi connectivity index (χ1n) is 6.07. The number of amides is 1. The summed E-state index contributed by atoms with van der Waals surface area (Å²) in [7, 11) is 0. The Kier molecular flexibility index (Phi) is 4.55. The Morgan fingerprint density at radius 3 is 2.85 bits per heavy atom. The van der Waals surface area contributed by atoms with E-state index in [1.807, 2.05) is 31.2 Å². The minimum absolute atomic E-state index is 0.148. The zero-order valence-electron chi connectivity index (χ0n) is 11.0. The number of nitrogens with two attached hydrogens (primary N) is 1. The Morgan fingerprint density at radius 1 is 1.35 bits per heavy atom. The number of pyridine rings is 1. The molecule has 6 heteroatoms. The Morgan fingerprint density at radius 2 is 2.15 bits per heavy atom. The van der Waals surface area contributed by atoms with Crippen LogP contribution in [0.15, 0.2) is 36.4 Å². The minimum atomic E-state index is -0.339. The SMILES string of the molecule is Cc1cccc(CNC(=O)c2nc(NN)ccc2Cl)c1. The smallest absolute Gasteiger partial charge is 0.271 e. The highest BCUT2D eigenvalue weighted by atomic mass is 35.5. The topological polar surface area (TPSA) is 80.0 Å². The second-order valence-electron chi connectivity index (χ2n) is 4.34. The standard InChI is InChI=1S/C14H15ClN4O/c1-9-3-2-4-10(7-9)8-17-14(20)13-11(15)5-6-12(18-13)19-16/h2-7H,8,16H2,1H3,(H,17,20)(H,18,19). The molecule has 0 aliphatic heterocycles. The second-order valence-corrected chi connectivity index (χ2v) is 4.75. The van der Waals surface area contributed by atoms with Crippen LogP contribution in [-0.4, -0.2) is 10.9 Å². The third-order valence-corrected chi connectivity index (χ3v) is 3.05. The number of aryl methyl sites for hydroxylation is 1. The van der Waals surface area contributed by atoms with Crippen molar-refractivity contribution in [1.29, 1.82) is 0 Å². The number of nitrogens with one attached hydrogen (secondary N) is 2. The van der Waals surface area contributed by atoms with Gasteiger partial charge in [0.25, 0.3) is 5.91 Å². The number of rotatable bonds is 4. The summed E-state index contributed by atoms with van der Waals surface area (Å²) in [6, 6.07) is 11.1. The van der Waals surface area contributed by atoms with Gasteiger partial charge in [-0.1, -0.05) is 41.4 Å². The molecule has 0 spiro atoms. The fourth-order valence-corrected chi connectivity index (χ4v) is 1.96. The maximum absolute atomic E-state index is 12.1. The van der Waals surface area contributed by atoms with Crippen LogP contribution in [-0.2, 0) is 6.54 Å². The molecule has 0 saturated heterocycles. The average molecular weight is 291 g/mol. The van der Waals surface area contributed by atoms with Crippen LogP contribution < -0.4 is 16.6 Å². The van der Waals surface area contributed by atoms with Gasteiger partial charge in [0.1, 0.15) is 11.5 Å². The summed E-state index contributed by atoms with van der Waals surface area (Å²) in [6.07, 6.45) is 0. The van der Waals surface area contributed by atoms with Crippen LogP contribution >= 0.6 is 11.6 Å². The lowest BCUT2D eigenvalue weighted by Gasteiger charge is -2.08. The van der Waals surface area contributed by atoms with Crippen molar-refractivity contribution in [3.63, 3.8) is 0 Å². The number of nitrogens with zero attached hydrogens (tertiary/aromatic N) is 1. The van der Waals surface area contributed by atoms with E-state index in [4.69, 9.17) is 17.4 Å². The molecule has 0 aliphatic rings. The molecule has 0 radical (unpaired) electrons. The number of hydrazine groups is 1. The number of halogens is 1. The summed E-state index contributed by atoms with van der Waals surface area (Å²) >= 11 is 5.96. The van der Waals surface area contributed by atoms with Gasteiger partial charge >= 0.3 is 0 Å². The summed E-state index contributed by atoms with van der Waals surface area (Å²) in [5, 5.41) is 3.06. The summed E-state index contributed by atoms with van der Waals surface area (Å²) in [5.41, 5.74) is 4.69. The van der Waals surface area contributed by atoms with E-state index in [1.165, 1.54) is 0 Å². The summed E-state index contributed by atoms with van der Waals surface area (Å²) < 4.78 is 0. The molecular weight excluding hydrogens is 276 g/mol. The largest absolute Gasteiger partial charge is 0.347 e. The maximum atomic E-state index is 12.1. The minimum Gasteiger partial charge on any atom is -0.347 e. The summed E-state index contributed by atoms with van der Waals surface area (Å²) in [4.78, 5) is 16.1. The van der Waals surface area contributed by atoms with Crippen molar-refractivity contribution in [3.8, 4) is 0 Å². The molecule has 104 valence electrons. The van der Waals surface area contributed by atoms with Crippen molar-refractivity contribution in [2.45, 2.75) is 13.5 Å². The lowest BCUT2D eigenvalue weighted by Crippen LogP contribution is -2.24. The average Bonchev–Trinajstić information content (AvgIpc) is 2.45. The maximum Gasteiger partial charge on any atom is 0.271 e. The van der Waals surface area contributed by atoms with Crippen LogP contribution in [0.4, 0.5) is 5.82 Å². The fraction of sp³-hybridized carbons (Fsp3) is 0.143. The molecule has 1 aromatic carbocycles. The van der Waals surface area contributed by atoms with Gasteiger partial charge in [-0.15, -0.1) is 0 Å². The lowest BCUT2D eigenvalue weighted by atomic mass is 10.1. The Balaban J connectivity index is 2.08. The summed E-state index contributed by atoms with van der Waals surface area (Å²) in [6.45, 7) is 2.42. The van der Waals surface area contributed by atoms with Crippen molar-refractivity contribution < 1.29 is 4.79 Å². The molecule has 0 unspecified atom stereocenters. The van der Waals surface area contributed by atoms with Gasteiger partial charge in [-0.3, -0.25) is 4.79 Å². The Bertz CT molecular complexity index is 630. The van der Waals surface area contributed by atoms with E-state index in [0.29, 0.717) is 12.4 Å². The van der Waals surface area contributed by atoms with Crippen molar-refractivity contribution in [3.05, 3.63) is 58.2 Å². The number of hydrogen-bond donors (Lipinski definition) is 3. The lowest BCUT2D eigenvalue weighted by molar-refractivity contribution is 0.0946. The van der Waals surface area contributed by atoms with Gasteiger partial charge < -0.3 is 10.7 Å². The number of aromatic nitrogens is 1. The van der Waals surface area contributed by atoms with Crippen LogP contribution in [0.3, 0.4) is 0 Å². The molecule has 0 bridgehead atoms. The zero-order valence-corrected chi connectivity index (χ0v) is 11.7. The second kappa shape index (κ2) is 6.36. The first-order chi connectivity index (χ1) is 9.60. The number of carbonyl (C=O) groups is 1. The summed E-state index contributed by atoms with van der Waals surface area (Å²) in [5.74, 6) is 5.31. The molecule has 0 aliphatic carbocycles. The van der Waals surface area contributed by atoms with Gasteiger partial charge in [0.05, 0.1) is 5.02 Å². The molecule has 2 aromatic rings.